The number of nitrogens with zero attached hydrogens (tertiary/aromatic N) is 1. The van der Waals surface area contributed by atoms with Gasteiger partial charge in [-0.3, -0.25) is 0 Å². The molecule has 0 fully saturated rings. The summed E-state index contributed by atoms with van der Waals surface area (Å²) in [6.45, 7) is 1.49. The number of rotatable bonds is 7. The van der Waals surface area contributed by atoms with Crippen LogP contribution in [0.2, 0.25) is 0 Å². The molecule has 2 rings (SSSR count). The van der Waals surface area contributed by atoms with Crippen LogP contribution in [0.3, 0.4) is 0 Å². The van der Waals surface area contributed by atoms with Gasteiger partial charge in [-0.05, 0) is 43.8 Å². The largest absolute Gasteiger partial charge is 0.489 e. The molecular formula is C18H24N2O. The maximum Gasteiger partial charge on any atom is 0.119 e. The van der Waals surface area contributed by atoms with Crippen molar-refractivity contribution >= 4 is 0 Å². The number of hydrogen-bond donors (Lipinski definition) is 1. The molecular weight excluding hydrogens is 260 g/mol. The van der Waals surface area contributed by atoms with E-state index in [0.29, 0.717) is 6.61 Å². The molecule has 112 valence electrons. The summed E-state index contributed by atoms with van der Waals surface area (Å²) in [6, 6.07) is 18.6. The molecule has 1 atom stereocenters. The third kappa shape index (κ3) is 5.58. The molecule has 0 unspecified atom stereocenters. The summed E-state index contributed by atoms with van der Waals surface area (Å²) < 4.78 is 5.78. The summed E-state index contributed by atoms with van der Waals surface area (Å²) in [5, 5.41) is 0. The Balaban J connectivity index is 1.84. The Morgan fingerprint density at radius 1 is 0.952 bits per heavy atom. The van der Waals surface area contributed by atoms with Crippen LogP contribution in [0.15, 0.2) is 54.6 Å². The Morgan fingerprint density at radius 3 is 2.24 bits per heavy atom. The van der Waals surface area contributed by atoms with Crippen molar-refractivity contribution in [3.63, 3.8) is 0 Å². The Morgan fingerprint density at radius 2 is 1.62 bits per heavy atom. The molecule has 0 aliphatic carbocycles. The minimum atomic E-state index is 0.163. The van der Waals surface area contributed by atoms with Crippen LogP contribution in [0.25, 0.3) is 0 Å². The summed E-state index contributed by atoms with van der Waals surface area (Å²) in [6.07, 6.45) is 0.886. The molecule has 2 N–H and O–H groups in total. The van der Waals surface area contributed by atoms with E-state index in [0.717, 1.165) is 18.7 Å². The Labute approximate surface area is 127 Å². The van der Waals surface area contributed by atoms with Gasteiger partial charge in [0.05, 0.1) is 0 Å². The number of nitrogens with two attached hydrogens (primary N) is 1. The lowest BCUT2D eigenvalue weighted by Gasteiger charge is -2.17. The number of hydrogen-bond acceptors (Lipinski definition) is 3. The second-order valence-electron chi connectivity index (χ2n) is 5.64. The van der Waals surface area contributed by atoms with Crippen molar-refractivity contribution in [1.29, 1.82) is 0 Å². The maximum absolute atomic E-state index is 6.11. The predicted octanol–water partition coefficient (Wildman–Crippen LogP) is 2.70. The summed E-state index contributed by atoms with van der Waals surface area (Å²) >= 11 is 0. The van der Waals surface area contributed by atoms with E-state index in [1.165, 1.54) is 11.1 Å². The van der Waals surface area contributed by atoms with Crippen LogP contribution in [0.5, 0.6) is 5.75 Å². The van der Waals surface area contributed by atoms with Crippen molar-refractivity contribution in [3.8, 4) is 5.75 Å². The fraction of sp³-hybridized carbons (Fsp3) is 0.333. The molecule has 0 radical (unpaired) electrons. The first-order valence-corrected chi connectivity index (χ1v) is 7.29. The van der Waals surface area contributed by atoms with Gasteiger partial charge >= 0.3 is 0 Å². The van der Waals surface area contributed by atoms with Crippen LogP contribution >= 0.6 is 0 Å². The number of ether oxygens (including phenoxy) is 1. The molecule has 0 spiro atoms. The third-order valence-corrected chi connectivity index (χ3v) is 3.27. The molecule has 2 aromatic carbocycles. The molecule has 2 aromatic rings. The van der Waals surface area contributed by atoms with Gasteiger partial charge < -0.3 is 15.4 Å². The molecule has 0 aliphatic heterocycles. The van der Waals surface area contributed by atoms with Crippen molar-refractivity contribution in [2.24, 2.45) is 5.73 Å². The highest BCUT2D eigenvalue weighted by Gasteiger charge is 2.05. The van der Waals surface area contributed by atoms with E-state index in [2.05, 4.69) is 29.2 Å². The number of benzene rings is 2. The van der Waals surface area contributed by atoms with Crippen LogP contribution < -0.4 is 10.5 Å². The molecule has 0 aromatic heterocycles. The zero-order chi connectivity index (χ0) is 15.1. The smallest absolute Gasteiger partial charge is 0.119 e. The lowest BCUT2D eigenvalue weighted by atomic mass is 10.1. The molecule has 3 nitrogen and oxygen atoms in total. The quantitative estimate of drug-likeness (QED) is 0.849. The van der Waals surface area contributed by atoms with Gasteiger partial charge in [0.25, 0.3) is 0 Å². The van der Waals surface area contributed by atoms with Gasteiger partial charge in [0.1, 0.15) is 12.4 Å². The minimum absolute atomic E-state index is 0.163. The lowest BCUT2D eigenvalue weighted by Crippen LogP contribution is -2.34. The zero-order valence-electron chi connectivity index (χ0n) is 12.8. The molecule has 0 heterocycles. The van der Waals surface area contributed by atoms with Gasteiger partial charge in [0, 0.05) is 12.6 Å². The van der Waals surface area contributed by atoms with Gasteiger partial charge in [0.2, 0.25) is 0 Å². The van der Waals surface area contributed by atoms with Crippen molar-refractivity contribution in [2.45, 2.75) is 19.1 Å². The summed E-state index contributed by atoms with van der Waals surface area (Å²) in [4.78, 5) is 2.11. The number of likely N-dealkylation sites (N-methyl/N-ethyl adjacent to an activating group) is 1. The van der Waals surface area contributed by atoms with Crippen LogP contribution in [-0.4, -0.2) is 31.6 Å². The highest BCUT2D eigenvalue weighted by atomic mass is 16.5. The third-order valence-electron chi connectivity index (χ3n) is 3.27. The second-order valence-corrected chi connectivity index (χ2v) is 5.64. The predicted molar refractivity (Wildman–Crippen MR) is 87.4 cm³/mol. The Hall–Kier alpha value is -1.84. The van der Waals surface area contributed by atoms with Crippen LogP contribution in [0.1, 0.15) is 11.1 Å². The van der Waals surface area contributed by atoms with Crippen molar-refractivity contribution < 1.29 is 4.74 Å². The first kappa shape index (κ1) is 15.5. The van der Waals surface area contributed by atoms with E-state index in [4.69, 9.17) is 10.5 Å². The van der Waals surface area contributed by atoms with E-state index >= 15 is 0 Å². The molecule has 0 bridgehead atoms. The zero-order valence-corrected chi connectivity index (χ0v) is 12.8. The summed E-state index contributed by atoms with van der Waals surface area (Å²) in [5.74, 6) is 0.892. The highest BCUT2D eigenvalue weighted by molar-refractivity contribution is 5.28. The second kappa shape index (κ2) is 7.81. The van der Waals surface area contributed by atoms with Crippen LogP contribution in [-0.2, 0) is 13.0 Å². The van der Waals surface area contributed by atoms with E-state index in [-0.39, 0.29) is 6.04 Å². The van der Waals surface area contributed by atoms with Crippen molar-refractivity contribution in [2.75, 3.05) is 20.6 Å². The SMILES string of the molecule is CN(C)C[C@@H](N)Cc1ccc(OCc2ccccc2)cc1. The van der Waals surface area contributed by atoms with E-state index in [1.807, 2.05) is 44.4 Å². The Bertz CT molecular complexity index is 523. The van der Waals surface area contributed by atoms with E-state index in [9.17, 15) is 0 Å². The summed E-state index contributed by atoms with van der Waals surface area (Å²) in [5.41, 5.74) is 8.53. The van der Waals surface area contributed by atoms with E-state index in [1.54, 1.807) is 0 Å². The molecule has 3 heteroatoms. The van der Waals surface area contributed by atoms with Gasteiger partial charge in [-0.2, -0.15) is 0 Å². The first-order chi connectivity index (χ1) is 10.1. The monoisotopic (exact) mass is 284 g/mol. The standard InChI is InChI=1S/C18H24N2O/c1-20(2)13-17(19)12-15-8-10-18(11-9-15)21-14-16-6-4-3-5-7-16/h3-11,17H,12-14,19H2,1-2H3/t17-/m0/s1. The highest BCUT2D eigenvalue weighted by Crippen LogP contribution is 2.15. The lowest BCUT2D eigenvalue weighted by molar-refractivity contribution is 0.306. The van der Waals surface area contributed by atoms with Gasteiger partial charge in [0.15, 0.2) is 0 Å². The first-order valence-electron chi connectivity index (χ1n) is 7.29. The molecule has 0 saturated carbocycles. The van der Waals surface area contributed by atoms with Crippen molar-refractivity contribution in [1.82, 2.24) is 4.90 Å². The van der Waals surface area contributed by atoms with Crippen molar-refractivity contribution in [3.05, 3.63) is 65.7 Å². The van der Waals surface area contributed by atoms with Crippen LogP contribution in [0, 0.1) is 0 Å². The average Bonchev–Trinajstić information content (AvgIpc) is 2.47. The van der Waals surface area contributed by atoms with Gasteiger partial charge in [-0.15, -0.1) is 0 Å². The van der Waals surface area contributed by atoms with E-state index < -0.39 is 0 Å². The fourth-order valence-electron chi connectivity index (χ4n) is 2.30. The van der Waals surface area contributed by atoms with Crippen LogP contribution in [0.4, 0.5) is 0 Å². The topological polar surface area (TPSA) is 38.5 Å². The molecule has 0 aliphatic rings. The Kier molecular flexibility index (Phi) is 5.78. The average molecular weight is 284 g/mol. The normalized spacial score (nSPS) is 12.4. The minimum Gasteiger partial charge on any atom is -0.489 e. The molecule has 0 saturated heterocycles. The maximum atomic E-state index is 6.11. The fourth-order valence-corrected chi connectivity index (χ4v) is 2.30. The van der Waals surface area contributed by atoms with Gasteiger partial charge in [-0.25, -0.2) is 0 Å². The van der Waals surface area contributed by atoms with Gasteiger partial charge in [-0.1, -0.05) is 42.5 Å². The molecule has 0 amide bonds. The summed E-state index contributed by atoms with van der Waals surface area (Å²) in [7, 11) is 4.08. The molecule has 21 heavy (non-hydrogen) atoms.